The van der Waals surface area contributed by atoms with Crippen LogP contribution in [0.15, 0.2) is 30.5 Å². The fourth-order valence-electron chi connectivity index (χ4n) is 3.65. The van der Waals surface area contributed by atoms with E-state index in [0.29, 0.717) is 6.54 Å². The van der Waals surface area contributed by atoms with Crippen molar-refractivity contribution in [2.75, 3.05) is 6.54 Å². The highest BCUT2D eigenvalue weighted by Crippen LogP contribution is 2.33. The van der Waals surface area contributed by atoms with Gasteiger partial charge in [0, 0.05) is 23.9 Å². The first-order valence-corrected chi connectivity index (χ1v) is 9.77. The molecule has 3 aromatic rings. The van der Waals surface area contributed by atoms with E-state index in [9.17, 15) is 4.79 Å². The van der Waals surface area contributed by atoms with Crippen molar-refractivity contribution in [1.82, 2.24) is 25.1 Å². The summed E-state index contributed by atoms with van der Waals surface area (Å²) < 4.78 is 7.72. The van der Waals surface area contributed by atoms with Crippen LogP contribution in [0.25, 0.3) is 11.3 Å². The van der Waals surface area contributed by atoms with Gasteiger partial charge in [-0.1, -0.05) is 0 Å². The van der Waals surface area contributed by atoms with Gasteiger partial charge in [-0.05, 0) is 57.5 Å². The van der Waals surface area contributed by atoms with Gasteiger partial charge in [0.15, 0.2) is 0 Å². The maximum atomic E-state index is 12.3. The van der Waals surface area contributed by atoms with Gasteiger partial charge in [-0.3, -0.25) is 14.5 Å². The molecule has 1 aliphatic heterocycles. The normalized spacial score (nSPS) is 15.1. The second-order valence-electron chi connectivity index (χ2n) is 7.60. The number of hydrogen-bond acceptors (Lipinski definition) is 5. The Morgan fingerprint density at radius 2 is 2.03 bits per heavy atom. The summed E-state index contributed by atoms with van der Waals surface area (Å²) in [7, 11) is 0. The third-order valence-corrected chi connectivity index (χ3v) is 5.07. The zero-order chi connectivity index (χ0) is 20.5. The summed E-state index contributed by atoms with van der Waals surface area (Å²) in [5.41, 5.74) is 6.75. The van der Waals surface area contributed by atoms with E-state index in [1.165, 1.54) is 0 Å². The van der Waals surface area contributed by atoms with E-state index in [1.807, 2.05) is 45.9 Å². The molecule has 1 aromatic carbocycles. The van der Waals surface area contributed by atoms with Crippen molar-refractivity contribution in [2.45, 2.75) is 46.8 Å². The highest BCUT2D eigenvalue weighted by atomic mass is 16.5. The average Bonchev–Trinajstić information content (AvgIpc) is 3.23. The molecule has 2 aromatic heterocycles. The molecule has 7 heteroatoms. The number of benzene rings is 1. The Labute approximate surface area is 170 Å². The summed E-state index contributed by atoms with van der Waals surface area (Å²) in [4.78, 5) is 21.3. The Morgan fingerprint density at radius 3 is 2.79 bits per heavy atom. The molecular formula is C22H25N5O2. The van der Waals surface area contributed by atoms with Gasteiger partial charge >= 0.3 is 0 Å². The predicted molar refractivity (Wildman–Crippen MR) is 110 cm³/mol. The first-order valence-electron chi connectivity index (χ1n) is 9.77. The third kappa shape index (κ3) is 4.13. The first-order chi connectivity index (χ1) is 13.9. The lowest BCUT2D eigenvalue weighted by Gasteiger charge is -2.12. The molecule has 0 saturated heterocycles. The van der Waals surface area contributed by atoms with Crippen molar-refractivity contribution in [3.63, 3.8) is 0 Å². The number of aryl methyl sites for hydroxylation is 4. The number of carbonyl (C=O) groups is 1. The molecule has 0 spiro atoms. The number of nitrogens with zero attached hydrogens (tertiary/aromatic N) is 4. The fraction of sp³-hybridized carbons (Fsp3) is 0.364. The Kier molecular flexibility index (Phi) is 5.05. The first kappa shape index (κ1) is 19.1. The molecule has 1 aliphatic rings. The van der Waals surface area contributed by atoms with E-state index >= 15 is 0 Å². The predicted octanol–water partition coefficient (Wildman–Crippen LogP) is 2.69. The molecule has 29 heavy (non-hydrogen) atoms. The van der Waals surface area contributed by atoms with Crippen molar-refractivity contribution in [2.24, 2.45) is 0 Å². The molecular weight excluding hydrogens is 366 g/mol. The van der Waals surface area contributed by atoms with Crippen LogP contribution in [0.5, 0.6) is 5.75 Å². The Hall–Kier alpha value is -3.22. The van der Waals surface area contributed by atoms with Crippen LogP contribution in [0.1, 0.15) is 28.3 Å². The molecule has 150 valence electrons. The minimum atomic E-state index is -0.0747. The lowest BCUT2D eigenvalue weighted by Crippen LogP contribution is -2.36. The molecule has 0 aliphatic carbocycles. The number of nitrogens with one attached hydrogen (secondary N) is 1. The Balaban J connectivity index is 1.38. The molecule has 1 amide bonds. The van der Waals surface area contributed by atoms with Crippen molar-refractivity contribution in [1.29, 1.82) is 0 Å². The number of rotatable bonds is 5. The minimum absolute atomic E-state index is 0.0675. The molecule has 1 unspecified atom stereocenters. The van der Waals surface area contributed by atoms with Crippen LogP contribution in [0.4, 0.5) is 0 Å². The standard InChI is InChI=1S/C22H25N5O2/c1-13-7-15(3)27(26-13)12-21(28)24-11-19-9-18-8-17(5-6-20(18)29-19)22-16(4)23-10-14(2)25-22/h5-8,10,19H,9,11-12H2,1-4H3,(H,24,28). The molecule has 0 fully saturated rings. The number of aromatic nitrogens is 4. The van der Waals surface area contributed by atoms with Gasteiger partial charge in [-0.25, -0.2) is 4.98 Å². The molecule has 1 atom stereocenters. The van der Waals surface area contributed by atoms with Gasteiger partial charge in [-0.2, -0.15) is 5.10 Å². The maximum absolute atomic E-state index is 12.3. The number of ether oxygens (including phenoxy) is 1. The summed E-state index contributed by atoms with van der Waals surface area (Å²) in [6.07, 6.45) is 2.45. The summed E-state index contributed by atoms with van der Waals surface area (Å²) in [6, 6.07) is 8.07. The summed E-state index contributed by atoms with van der Waals surface area (Å²) in [5.74, 6) is 0.798. The number of hydrogen-bond donors (Lipinski definition) is 1. The second kappa shape index (κ2) is 7.66. The molecule has 0 saturated carbocycles. The van der Waals surface area contributed by atoms with Gasteiger partial charge in [0.25, 0.3) is 0 Å². The summed E-state index contributed by atoms with van der Waals surface area (Å²) in [6.45, 7) is 8.45. The van der Waals surface area contributed by atoms with Crippen LogP contribution in [0.2, 0.25) is 0 Å². The highest BCUT2D eigenvalue weighted by Gasteiger charge is 2.24. The Bertz CT molecular complexity index is 1070. The maximum Gasteiger partial charge on any atom is 0.241 e. The van der Waals surface area contributed by atoms with Crippen LogP contribution >= 0.6 is 0 Å². The van der Waals surface area contributed by atoms with Gasteiger partial charge in [-0.15, -0.1) is 0 Å². The van der Waals surface area contributed by atoms with E-state index in [2.05, 4.69) is 26.4 Å². The van der Waals surface area contributed by atoms with Crippen molar-refractivity contribution >= 4 is 5.91 Å². The minimum Gasteiger partial charge on any atom is -0.488 e. The van der Waals surface area contributed by atoms with E-state index in [0.717, 1.165) is 51.8 Å². The van der Waals surface area contributed by atoms with E-state index in [4.69, 9.17) is 4.74 Å². The van der Waals surface area contributed by atoms with Crippen LogP contribution in [0, 0.1) is 27.7 Å². The van der Waals surface area contributed by atoms with Crippen molar-refractivity contribution in [3.05, 3.63) is 58.8 Å². The molecule has 1 N–H and O–H groups in total. The molecule has 3 heterocycles. The summed E-state index contributed by atoms with van der Waals surface area (Å²) >= 11 is 0. The van der Waals surface area contributed by atoms with Gasteiger partial charge in [0.2, 0.25) is 5.91 Å². The van der Waals surface area contributed by atoms with Gasteiger partial charge in [0.05, 0.1) is 29.3 Å². The molecule has 4 rings (SSSR count). The van der Waals surface area contributed by atoms with Crippen LogP contribution in [-0.2, 0) is 17.8 Å². The van der Waals surface area contributed by atoms with Crippen molar-refractivity contribution < 1.29 is 9.53 Å². The lowest BCUT2D eigenvalue weighted by molar-refractivity contribution is -0.122. The van der Waals surface area contributed by atoms with Crippen LogP contribution in [0.3, 0.4) is 0 Å². The summed E-state index contributed by atoms with van der Waals surface area (Å²) in [5, 5.41) is 7.29. The smallest absolute Gasteiger partial charge is 0.241 e. The second-order valence-corrected chi connectivity index (χ2v) is 7.60. The largest absolute Gasteiger partial charge is 0.488 e. The number of amides is 1. The van der Waals surface area contributed by atoms with E-state index in [1.54, 1.807) is 10.9 Å². The molecule has 7 nitrogen and oxygen atoms in total. The lowest BCUT2D eigenvalue weighted by atomic mass is 10.0. The number of fused-ring (bicyclic) bond motifs is 1. The number of carbonyl (C=O) groups excluding carboxylic acids is 1. The SMILES string of the molecule is Cc1cnc(C)c(-c2ccc3c(c2)CC(CNC(=O)Cn2nc(C)cc2C)O3)n1. The molecule has 0 radical (unpaired) electrons. The quantitative estimate of drug-likeness (QED) is 0.723. The van der Waals surface area contributed by atoms with Gasteiger partial charge < -0.3 is 10.1 Å². The van der Waals surface area contributed by atoms with Crippen molar-refractivity contribution in [3.8, 4) is 17.0 Å². The highest BCUT2D eigenvalue weighted by molar-refractivity contribution is 5.75. The topological polar surface area (TPSA) is 81.9 Å². The average molecular weight is 391 g/mol. The molecule has 0 bridgehead atoms. The van der Waals surface area contributed by atoms with Crippen LogP contribution in [-0.4, -0.2) is 38.3 Å². The monoisotopic (exact) mass is 391 g/mol. The van der Waals surface area contributed by atoms with E-state index < -0.39 is 0 Å². The van der Waals surface area contributed by atoms with Gasteiger partial charge in [0.1, 0.15) is 18.4 Å². The van der Waals surface area contributed by atoms with E-state index in [-0.39, 0.29) is 18.6 Å². The fourth-order valence-corrected chi connectivity index (χ4v) is 3.65. The zero-order valence-electron chi connectivity index (χ0n) is 17.2. The van der Waals surface area contributed by atoms with Crippen LogP contribution < -0.4 is 10.1 Å². The zero-order valence-corrected chi connectivity index (χ0v) is 17.2. The third-order valence-electron chi connectivity index (χ3n) is 5.07. The Morgan fingerprint density at radius 1 is 1.21 bits per heavy atom.